The molecule has 204 valence electrons. The molecular weight excluding hydrogens is 460 g/mol. The van der Waals surface area contributed by atoms with Crippen molar-refractivity contribution in [2.45, 2.75) is 122 Å². The van der Waals surface area contributed by atoms with Crippen molar-refractivity contribution in [3.8, 4) is 0 Å². The second-order valence-corrected chi connectivity index (χ2v) is 10.2. The van der Waals surface area contributed by atoms with E-state index in [0.29, 0.717) is 0 Å². The van der Waals surface area contributed by atoms with Gasteiger partial charge >= 0.3 is 5.97 Å². The van der Waals surface area contributed by atoms with Crippen molar-refractivity contribution in [2.75, 3.05) is 13.2 Å². The van der Waals surface area contributed by atoms with Crippen LogP contribution in [0.25, 0.3) is 0 Å². The Morgan fingerprint density at radius 2 is 1.94 bits per heavy atom. The Bertz CT molecular complexity index is 739. The fraction of sp³-hybridized carbons (Fsp3) is 0.852. The summed E-state index contributed by atoms with van der Waals surface area (Å²) in [4.78, 5) is 11.9. The molecule has 9 heteroatoms. The van der Waals surface area contributed by atoms with E-state index in [9.17, 15) is 4.79 Å². The van der Waals surface area contributed by atoms with E-state index in [1.165, 1.54) is 6.92 Å². The van der Waals surface area contributed by atoms with Gasteiger partial charge in [-0.05, 0) is 51.4 Å². The molecule has 3 rings (SSSR count). The molecule has 2 N–H and O–H groups in total. The number of aliphatic hydroxyl groups excluding tert-OH is 1. The van der Waals surface area contributed by atoms with Gasteiger partial charge < -0.3 is 19.3 Å². The van der Waals surface area contributed by atoms with Gasteiger partial charge in [0.25, 0.3) is 0 Å². The number of hydrogen-bond donors (Lipinski definition) is 2. The number of aromatic amines is 1. The van der Waals surface area contributed by atoms with Crippen LogP contribution in [0, 0.1) is 11.8 Å². The Hall–Kier alpha value is -1.84. The van der Waals surface area contributed by atoms with Gasteiger partial charge in [-0.3, -0.25) is 4.79 Å². The summed E-state index contributed by atoms with van der Waals surface area (Å²) in [5, 5.41) is 23.1. The molecule has 5 atom stereocenters. The molecule has 1 aliphatic heterocycles. The number of esters is 1. The Balaban J connectivity index is 1.55. The van der Waals surface area contributed by atoms with Crippen LogP contribution < -0.4 is 0 Å². The molecule has 36 heavy (non-hydrogen) atoms. The normalized spacial score (nSPS) is 26.6. The Kier molecular flexibility index (Phi) is 13.4. The maximum atomic E-state index is 11.9. The summed E-state index contributed by atoms with van der Waals surface area (Å²) in [6, 6.07) is 0. The lowest BCUT2D eigenvalue weighted by atomic mass is 9.87. The number of nitrogens with one attached hydrogen (secondary N) is 1. The average Bonchev–Trinajstić information content (AvgIpc) is 3.49. The molecule has 0 spiro atoms. The third kappa shape index (κ3) is 10.3. The van der Waals surface area contributed by atoms with Gasteiger partial charge in [-0.25, -0.2) is 0 Å². The molecule has 1 saturated carbocycles. The molecule has 0 radical (unpaired) electrons. The predicted octanol–water partition coefficient (Wildman–Crippen LogP) is 4.67. The molecular formula is C27H46N4O5. The standard InChI is InChI=1S/C27H46N4O5/c1-21(33)35-24-20-25(36-27-17-11-13-19-34-27)23(15-8-4-2-3-7-12-18-32)22(24)14-9-5-6-10-16-26-28-30-31-29-26/h8,15,22-25,27,32H,2-7,9-14,16-20H2,1H3,(H,28,29,30,31)/t22-,23-,24+,25+,27?/m1/s1. The first-order valence-electron chi connectivity index (χ1n) is 14.1. The number of unbranched alkanes of at least 4 members (excludes halogenated alkanes) is 7. The van der Waals surface area contributed by atoms with Crippen molar-refractivity contribution in [1.29, 1.82) is 0 Å². The van der Waals surface area contributed by atoms with Gasteiger partial charge in [0.2, 0.25) is 0 Å². The van der Waals surface area contributed by atoms with Crippen LogP contribution in [0.15, 0.2) is 12.2 Å². The van der Waals surface area contributed by atoms with Gasteiger partial charge in [-0.15, -0.1) is 10.2 Å². The molecule has 1 aromatic heterocycles. The van der Waals surface area contributed by atoms with Crippen LogP contribution in [0.2, 0.25) is 0 Å². The molecule has 1 saturated heterocycles. The SMILES string of the molecule is CC(=O)O[C@H]1C[C@H](OC2CCCCO2)[C@H](C=CCCCCCCO)[C@H]1CCCCCCc1nn[nH]n1. The minimum Gasteiger partial charge on any atom is -0.462 e. The van der Waals surface area contributed by atoms with E-state index >= 15 is 0 Å². The average molecular weight is 507 g/mol. The minimum atomic E-state index is -0.216. The van der Waals surface area contributed by atoms with Gasteiger partial charge in [-0.1, -0.05) is 49.5 Å². The molecule has 0 aromatic carbocycles. The number of rotatable bonds is 17. The molecule has 1 unspecified atom stereocenters. The molecule has 1 aliphatic carbocycles. The number of nitrogens with zero attached hydrogens (tertiary/aromatic N) is 3. The largest absolute Gasteiger partial charge is 0.462 e. The topological polar surface area (TPSA) is 119 Å². The van der Waals surface area contributed by atoms with E-state index in [-0.39, 0.29) is 42.9 Å². The molecule has 0 amide bonds. The van der Waals surface area contributed by atoms with Crippen LogP contribution in [0.4, 0.5) is 0 Å². The van der Waals surface area contributed by atoms with E-state index < -0.39 is 0 Å². The van der Waals surface area contributed by atoms with Crippen LogP contribution in [-0.4, -0.2) is 63.4 Å². The van der Waals surface area contributed by atoms with E-state index in [1.54, 1.807) is 0 Å². The number of allylic oxidation sites excluding steroid dienone is 1. The number of aliphatic hydroxyl groups is 1. The Morgan fingerprint density at radius 1 is 1.11 bits per heavy atom. The van der Waals surface area contributed by atoms with Crippen molar-refractivity contribution in [3.63, 3.8) is 0 Å². The van der Waals surface area contributed by atoms with E-state index in [4.69, 9.17) is 19.3 Å². The van der Waals surface area contributed by atoms with Crippen molar-refractivity contribution < 1.29 is 24.1 Å². The van der Waals surface area contributed by atoms with Gasteiger partial charge in [-0.2, -0.15) is 5.21 Å². The summed E-state index contributed by atoms with van der Waals surface area (Å²) in [6.45, 7) is 2.54. The van der Waals surface area contributed by atoms with Gasteiger partial charge in [0.15, 0.2) is 12.1 Å². The summed E-state index contributed by atoms with van der Waals surface area (Å²) < 4.78 is 18.2. The second-order valence-electron chi connectivity index (χ2n) is 10.2. The number of ether oxygens (including phenoxy) is 3. The summed E-state index contributed by atoms with van der Waals surface area (Å²) in [7, 11) is 0. The monoisotopic (exact) mass is 506 g/mol. The summed E-state index contributed by atoms with van der Waals surface area (Å²) in [5.74, 6) is 1.03. The van der Waals surface area contributed by atoms with Gasteiger partial charge in [0.05, 0.1) is 6.10 Å². The third-order valence-electron chi connectivity index (χ3n) is 7.36. The second kappa shape index (κ2) is 16.8. The Labute approximate surface area is 215 Å². The highest BCUT2D eigenvalue weighted by molar-refractivity contribution is 5.66. The van der Waals surface area contributed by atoms with Crippen LogP contribution >= 0.6 is 0 Å². The van der Waals surface area contributed by atoms with Crippen molar-refractivity contribution >= 4 is 5.97 Å². The lowest BCUT2D eigenvalue weighted by Crippen LogP contribution is -2.30. The van der Waals surface area contributed by atoms with Crippen molar-refractivity contribution in [1.82, 2.24) is 20.6 Å². The number of carbonyl (C=O) groups excluding carboxylic acids is 1. The molecule has 2 aliphatic rings. The first-order valence-corrected chi connectivity index (χ1v) is 14.1. The van der Waals surface area contributed by atoms with Crippen LogP contribution in [-0.2, 0) is 25.4 Å². The first kappa shape index (κ1) is 28.7. The lowest BCUT2D eigenvalue weighted by molar-refractivity contribution is -0.193. The number of hydrogen-bond acceptors (Lipinski definition) is 8. The smallest absolute Gasteiger partial charge is 0.302 e. The number of H-pyrrole nitrogens is 1. The maximum absolute atomic E-state index is 11.9. The fourth-order valence-corrected chi connectivity index (χ4v) is 5.52. The first-order chi connectivity index (χ1) is 17.7. The van der Waals surface area contributed by atoms with Gasteiger partial charge in [0.1, 0.15) is 6.10 Å². The summed E-state index contributed by atoms with van der Waals surface area (Å²) >= 11 is 0. The zero-order valence-electron chi connectivity index (χ0n) is 22.0. The van der Waals surface area contributed by atoms with Gasteiger partial charge in [0, 0.05) is 44.8 Å². The number of tetrazole rings is 1. The maximum Gasteiger partial charge on any atom is 0.302 e. The number of carbonyl (C=O) groups is 1. The van der Waals surface area contributed by atoms with Crippen molar-refractivity contribution in [3.05, 3.63) is 18.0 Å². The highest BCUT2D eigenvalue weighted by Gasteiger charge is 2.45. The van der Waals surface area contributed by atoms with E-state index in [1.807, 2.05) is 0 Å². The van der Waals surface area contributed by atoms with Crippen LogP contribution in [0.5, 0.6) is 0 Å². The highest BCUT2D eigenvalue weighted by Crippen LogP contribution is 2.42. The van der Waals surface area contributed by atoms with E-state index in [2.05, 4.69) is 32.8 Å². The minimum absolute atomic E-state index is 0.00586. The highest BCUT2D eigenvalue weighted by atomic mass is 16.7. The predicted molar refractivity (Wildman–Crippen MR) is 136 cm³/mol. The fourth-order valence-electron chi connectivity index (χ4n) is 5.52. The summed E-state index contributed by atoms with van der Waals surface area (Å²) in [5.41, 5.74) is 0. The summed E-state index contributed by atoms with van der Waals surface area (Å²) in [6.07, 6.45) is 19.7. The molecule has 2 fully saturated rings. The quantitative estimate of drug-likeness (QED) is 0.178. The zero-order valence-corrected chi connectivity index (χ0v) is 22.0. The Morgan fingerprint density at radius 3 is 2.69 bits per heavy atom. The van der Waals surface area contributed by atoms with Crippen molar-refractivity contribution in [2.24, 2.45) is 11.8 Å². The molecule has 1 aromatic rings. The molecule has 9 nitrogen and oxygen atoms in total. The number of aryl methyl sites for hydroxylation is 1. The number of aromatic nitrogens is 4. The van der Waals surface area contributed by atoms with Crippen LogP contribution in [0.1, 0.15) is 103 Å². The van der Waals surface area contributed by atoms with Crippen LogP contribution in [0.3, 0.4) is 0 Å². The molecule has 2 heterocycles. The third-order valence-corrected chi connectivity index (χ3v) is 7.36. The van der Waals surface area contributed by atoms with E-state index in [0.717, 1.165) is 109 Å². The zero-order chi connectivity index (χ0) is 25.4. The molecule has 0 bridgehead atoms. The lowest BCUT2D eigenvalue weighted by Gasteiger charge is -2.29.